The molecule has 1 aliphatic rings. The number of rotatable bonds is 8. The summed E-state index contributed by atoms with van der Waals surface area (Å²) < 4.78 is 28.5. The van der Waals surface area contributed by atoms with Crippen LogP contribution in [0.15, 0.2) is 36.9 Å². The van der Waals surface area contributed by atoms with Crippen LogP contribution in [0.25, 0.3) is 0 Å². The SMILES string of the molecule is C=CCOc1ccc(C[NH+](C)CC(=O)N[C@H]2CS(=O)(=O)C[C@@H]2Cl)cc1. The highest BCUT2D eigenvalue weighted by molar-refractivity contribution is 7.91. The van der Waals surface area contributed by atoms with E-state index in [0.29, 0.717) is 13.2 Å². The van der Waals surface area contributed by atoms with Gasteiger partial charge in [0.05, 0.1) is 30.0 Å². The lowest BCUT2D eigenvalue weighted by Gasteiger charge is -2.17. The van der Waals surface area contributed by atoms with E-state index in [0.717, 1.165) is 16.2 Å². The summed E-state index contributed by atoms with van der Waals surface area (Å²) in [4.78, 5) is 13.1. The molecule has 0 aliphatic carbocycles. The van der Waals surface area contributed by atoms with Gasteiger partial charge in [0.25, 0.3) is 5.91 Å². The van der Waals surface area contributed by atoms with Gasteiger partial charge in [0, 0.05) is 5.56 Å². The molecule has 3 atom stereocenters. The topological polar surface area (TPSA) is 76.9 Å². The summed E-state index contributed by atoms with van der Waals surface area (Å²) in [6.07, 6.45) is 1.69. The van der Waals surface area contributed by atoms with Crippen LogP contribution in [0.2, 0.25) is 0 Å². The largest absolute Gasteiger partial charge is 0.490 e. The van der Waals surface area contributed by atoms with Gasteiger partial charge in [0.15, 0.2) is 16.4 Å². The zero-order valence-corrected chi connectivity index (χ0v) is 15.8. The van der Waals surface area contributed by atoms with Crippen LogP contribution < -0.4 is 15.0 Å². The van der Waals surface area contributed by atoms with E-state index in [9.17, 15) is 13.2 Å². The summed E-state index contributed by atoms with van der Waals surface area (Å²) in [5.41, 5.74) is 1.08. The van der Waals surface area contributed by atoms with Gasteiger partial charge in [-0.15, -0.1) is 11.6 Å². The van der Waals surface area contributed by atoms with Crippen LogP contribution in [0.1, 0.15) is 5.56 Å². The number of alkyl halides is 1. The van der Waals surface area contributed by atoms with Gasteiger partial charge in [-0.2, -0.15) is 0 Å². The number of sulfone groups is 1. The quantitative estimate of drug-likeness (QED) is 0.478. The first-order valence-electron chi connectivity index (χ1n) is 8.07. The first-order valence-corrected chi connectivity index (χ1v) is 10.3. The van der Waals surface area contributed by atoms with Gasteiger partial charge >= 0.3 is 0 Å². The summed E-state index contributed by atoms with van der Waals surface area (Å²) in [5.74, 6) is 0.409. The van der Waals surface area contributed by atoms with Crippen molar-refractivity contribution in [1.82, 2.24) is 5.32 Å². The number of hydrogen-bond donors (Lipinski definition) is 2. The van der Waals surface area contributed by atoms with Gasteiger partial charge in [0.1, 0.15) is 18.9 Å². The standard InChI is InChI=1S/C17H23ClN2O4S/c1-3-8-24-14-6-4-13(5-7-14)9-20(2)10-17(21)19-16-12-25(22,23)11-15(16)18/h3-7,15-16H,1,8-12H2,2H3,(H,19,21)/p+1/t15-,16-/m0/s1. The van der Waals surface area contributed by atoms with Crippen molar-refractivity contribution >= 4 is 27.3 Å². The molecule has 8 heteroatoms. The highest BCUT2D eigenvalue weighted by Crippen LogP contribution is 2.17. The summed E-state index contributed by atoms with van der Waals surface area (Å²) in [6, 6.07) is 7.17. The summed E-state index contributed by atoms with van der Waals surface area (Å²) in [6.45, 7) is 4.98. The zero-order valence-electron chi connectivity index (χ0n) is 14.2. The molecule has 1 heterocycles. The Morgan fingerprint density at radius 3 is 2.64 bits per heavy atom. The zero-order chi connectivity index (χ0) is 18.4. The molecule has 2 N–H and O–H groups in total. The number of carbonyl (C=O) groups excluding carboxylic acids is 1. The molecule has 1 aromatic rings. The van der Waals surface area contributed by atoms with E-state index in [4.69, 9.17) is 16.3 Å². The van der Waals surface area contributed by atoms with Crippen LogP contribution in [0.4, 0.5) is 0 Å². The summed E-state index contributed by atoms with van der Waals surface area (Å²) in [5, 5.41) is 2.17. The van der Waals surface area contributed by atoms with Crippen LogP contribution >= 0.6 is 11.6 Å². The molecule has 138 valence electrons. The number of quaternary nitrogens is 1. The molecule has 1 fully saturated rings. The highest BCUT2D eigenvalue weighted by Gasteiger charge is 2.37. The second-order valence-corrected chi connectivity index (χ2v) is 9.04. The maximum absolute atomic E-state index is 12.1. The Morgan fingerprint density at radius 1 is 1.40 bits per heavy atom. The maximum atomic E-state index is 12.1. The van der Waals surface area contributed by atoms with Gasteiger partial charge in [-0.05, 0) is 24.3 Å². The maximum Gasteiger partial charge on any atom is 0.275 e. The Hall–Kier alpha value is -1.57. The number of ether oxygens (including phenoxy) is 1. The van der Waals surface area contributed by atoms with Crippen molar-refractivity contribution in [2.24, 2.45) is 0 Å². The van der Waals surface area contributed by atoms with Crippen molar-refractivity contribution in [2.45, 2.75) is 18.0 Å². The molecule has 1 unspecified atom stereocenters. The lowest BCUT2D eigenvalue weighted by Crippen LogP contribution is -3.09. The molecular weight excluding hydrogens is 364 g/mol. The van der Waals surface area contributed by atoms with Gasteiger partial charge in [-0.3, -0.25) is 4.79 Å². The Balaban J connectivity index is 1.80. The van der Waals surface area contributed by atoms with E-state index in [2.05, 4.69) is 11.9 Å². The predicted molar refractivity (Wildman–Crippen MR) is 97.8 cm³/mol. The molecule has 0 radical (unpaired) electrons. The number of carbonyl (C=O) groups is 1. The third-order valence-electron chi connectivity index (χ3n) is 3.89. The van der Waals surface area contributed by atoms with Crippen LogP contribution in [0, 0.1) is 0 Å². The first-order chi connectivity index (χ1) is 11.8. The van der Waals surface area contributed by atoms with Crippen LogP contribution in [0.5, 0.6) is 5.75 Å². The lowest BCUT2D eigenvalue weighted by molar-refractivity contribution is -0.885. The Morgan fingerprint density at radius 2 is 2.08 bits per heavy atom. The minimum Gasteiger partial charge on any atom is -0.490 e. The third kappa shape index (κ3) is 6.34. The minimum absolute atomic E-state index is 0.0809. The normalized spacial score (nSPS) is 23.0. The molecule has 0 aromatic heterocycles. The van der Waals surface area contributed by atoms with E-state index >= 15 is 0 Å². The van der Waals surface area contributed by atoms with Crippen LogP contribution in [0.3, 0.4) is 0 Å². The Labute approximate surface area is 153 Å². The van der Waals surface area contributed by atoms with E-state index in [1.165, 1.54) is 0 Å². The molecule has 6 nitrogen and oxygen atoms in total. The van der Waals surface area contributed by atoms with Crippen LogP contribution in [-0.2, 0) is 21.2 Å². The average Bonchev–Trinajstić information content (AvgIpc) is 2.78. The van der Waals surface area contributed by atoms with E-state index in [1.807, 2.05) is 31.3 Å². The molecule has 1 aromatic carbocycles. The molecule has 1 aliphatic heterocycles. The average molecular weight is 388 g/mol. The van der Waals surface area contributed by atoms with Crippen molar-refractivity contribution in [3.05, 3.63) is 42.5 Å². The molecular formula is C17H24ClN2O4S+. The van der Waals surface area contributed by atoms with Crippen molar-refractivity contribution in [1.29, 1.82) is 0 Å². The van der Waals surface area contributed by atoms with Crippen molar-refractivity contribution in [3.8, 4) is 5.75 Å². The Kier molecular flexibility index (Phi) is 6.87. The molecule has 1 amide bonds. The second-order valence-electron chi connectivity index (χ2n) is 6.32. The van der Waals surface area contributed by atoms with Crippen molar-refractivity contribution in [2.75, 3.05) is 31.7 Å². The lowest BCUT2D eigenvalue weighted by atomic mass is 10.2. The van der Waals surface area contributed by atoms with E-state index in [1.54, 1.807) is 6.08 Å². The number of amides is 1. The second kappa shape index (κ2) is 8.69. The fourth-order valence-electron chi connectivity index (χ4n) is 2.74. The smallest absolute Gasteiger partial charge is 0.275 e. The summed E-state index contributed by atoms with van der Waals surface area (Å²) >= 11 is 6.01. The summed E-state index contributed by atoms with van der Waals surface area (Å²) in [7, 11) is -1.24. The number of benzene rings is 1. The monoisotopic (exact) mass is 387 g/mol. The molecule has 0 bridgehead atoms. The molecule has 0 saturated carbocycles. The van der Waals surface area contributed by atoms with Crippen LogP contribution in [-0.4, -0.2) is 57.4 Å². The third-order valence-corrected chi connectivity index (χ3v) is 6.26. The van der Waals surface area contributed by atoms with E-state index in [-0.39, 0.29) is 24.0 Å². The molecule has 25 heavy (non-hydrogen) atoms. The highest BCUT2D eigenvalue weighted by atomic mass is 35.5. The molecule has 1 saturated heterocycles. The van der Waals surface area contributed by atoms with Crippen molar-refractivity contribution < 1.29 is 22.8 Å². The van der Waals surface area contributed by atoms with Crippen molar-refractivity contribution in [3.63, 3.8) is 0 Å². The minimum atomic E-state index is -3.15. The number of hydrogen-bond acceptors (Lipinski definition) is 4. The Bertz CT molecular complexity index is 706. The van der Waals surface area contributed by atoms with Gasteiger partial charge in [0.2, 0.25) is 0 Å². The van der Waals surface area contributed by atoms with Gasteiger partial charge < -0.3 is 15.0 Å². The molecule has 2 rings (SSSR count). The fraction of sp³-hybridized carbons (Fsp3) is 0.471. The van der Waals surface area contributed by atoms with Gasteiger partial charge in [-0.1, -0.05) is 12.7 Å². The van der Waals surface area contributed by atoms with E-state index < -0.39 is 21.3 Å². The first kappa shape index (κ1) is 19.8. The number of likely N-dealkylation sites (N-methyl/N-ethyl adjacent to an activating group) is 1. The number of nitrogens with one attached hydrogen (secondary N) is 2. The van der Waals surface area contributed by atoms with Gasteiger partial charge in [-0.25, -0.2) is 8.42 Å². The fourth-order valence-corrected chi connectivity index (χ4v) is 5.29. The number of halogens is 1. The molecule has 0 spiro atoms. The predicted octanol–water partition coefficient (Wildman–Crippen LogP) is -0.213.